The largest absolute Gasteiger partial charge is 0.508 e. The molecule has 0 aliphatic rings. The number of para-hydroxylation sites is 1. The lowest BCUT2D eigenvalue weighted by Crippen LogP contribution is -2.30. The summed E-state index contributed by atoms with van der Waals surface area (Å²) in [6.45, 7) is 13.2. The highest BCUT2D eigenvalue weighted by atomic mass is 16.3. The Morgan fingerprint density at radius 1 is 0.900 bits per heavy atom. The Labute approximate surface area is 236 Å². The smallest absolute Gasteiger partial charge is 0.323 e. The van der Waals surface area contributed by atoms with Gasteiger partial charge in [-0.2, -0.15) is 0 Å². The van der Waals surface area contributed by atoms with E-state index in [4.69, 9.17) is 0 Å². The van der Waals surface area contributed by atoms with Gasteiger partial charge in [0.05, 0.1) is 0 Å². The molecular weight excluding hydrogens is 500 g/mol. The molecule has 0 aliphatic carbocycles. The number of hydrogen-bond acceptors (Lipinski definition) is 4. The van der Waals surface area contributed by atoms with E-state index < -0.39 is 6.03 Å². The average Bonchev–Trinajstić information content (AvgIpc) is 2.90. The standard InChI is InChI=1S/C33H40N4O3/c1-20(2)11-10-18-37-31-27(16-9-17-34-31)28(23-12-7-13-24(38)19-23)30(32(37)39)36-33(40)35-29-25(21(3)4)14-8-15-26(29)22(5)6/h7-9,12-17,19-22,38H,10-11,18H2,1-6H3,(H2,35,36,40). The Kier molecular flexibility index (Phi) is 8.93. The molecule has 2 aromatic heterocycles. The van der Waals surface area contributed by atoms with Crippen molar-refractivity contribution in [3.05, 3.63) is 82.3 Å². The highest BCUT2D eigenvalue weighted by Gasteiger charge is 2.22. The van der Waals surface area contributed by atoms with Crippen molar-refractivity contribution in [2.45, 2.75) is 72.8 Å². The normalized spacial score (nSPS) is 11.5. The van der Waals surface area contributed by atoms with Crippen LogP contribution in [0.25, 0.3) is 22.2 Å². The van der Waals surface area contributed by atoms with Gasteiger partial charge in [0.25, 0.3) is 5.56 Å². The summed E-state index contributed by atoms with van der Waals surface area (Å²) < 4.78 is 1.65. The van der Waals surface area contributed by atoms with Gasteiger partial charge in [0.2, 0.25) is 0 Å². The van der Waals surface area contributed by atoms with Gasteiger partial charge in [-0.15, -0.1) is 0 Å². The van der Waals surface area contributed by atoms with Gasteiger partial charge in [0.1, 0.15) is 17.1 Å². The van der Waals surface area contributed by atoms with Crippen LogP contribution in [-0.2, 0) is 6.54 Å². The fraction of sp³-hybridized carbons (Fsp3) is 0.364. The third-order valence-electron chi connectivity index (χ3n) is 7.17. The Morgan fingerprint density at radius 3 is 2.17 bits per heavy atom. The zero-order chi connectivity index (χ0) is 29.0. The molecule has 2 aromatic carbocycles. The number of carbonyl (C=O) groups is 1. The molecule has 3 N–H and O–H groups in total. The third-order valence-corrected chi connectivity index (χ3v) is 7.17. The van der Waals surface area contributed by atoms with Gasteiger partial charge in [-0.1, -0.05) is 71.9 Å². The first-order valence-corrected chi connectivity index (χ1v) is 14.1. The van der Waals surface area contributed by atoms with Crippen molar-refractivity contribution in [2.75, 3.05) is 10.6 Å². The van der Waals surface area contributed by atoms with Gasteiger partial charge in [-0.25, -0.2) is 9.78 Å². The van der Waals surface area contributed by atoms with Crippen LogP contribution in [0.4, 0.5) is 16.2 Å². The maximum absolute atomic E-state index is 14.1. The number of aromatic hydroxyl groups is 1. The Balaban J connectivity index is 1.87. The number of rotatable bonds is 9. The Bertz CT molecular complexity index is 1540. The van der Waals surface area contributed by atoms with E-state index in [1.807, 2.05) is 36.4 Å². The minimum absolute atomic E-state index is 0.0680. The van der Waals surface area contributed by atoms with E-state index in [0.717, 1.165) is 35.0 Å². The summed E-state index contributed by atoms with van der Waals surface area (Å²) in [5.74, 6) is 0.961. The molecule has 0 bridgehead atoms. The van der Waals surface area contributed by atoms with Crippen LogP contribution in [0.2, 0.25) is 0 Å². The van der Waals surface area contributed by atoms with Crippen molar-refractivity contribution in [3.63, 3.8) is 0 Å². The lowest BCUT2D eigenvalue weighted by atomic mass is 9.93. The molecule has 0 radical (unpaired) electrons. The van der Waals surface area contributed by atoms with Crippen molar-refractivity contribution >= 4 is 28.4 Å². The van der Waals surface area contributed by atoms with Crippen molar-refractivity contribution < 1.29 is 9.90 Å². The van der Waals surface area contributed by atoms with E-state index in [9.17, 15) is 14.7 Å². The molecule has 4 aromatic rings. The van der Waals surface area contributed by atoms with E-state index in [1.165, 1.54) is 0 Å². The van der Waals surface area contributed by atoms with Crippen LogP contribution in [0.15, 0.2) is 65.6 Å². The second-order valence-corrected chi connectivity index (χ2v) is 11.4. The number of nitrogens with zero attached hydrogens (tertiary/aromatic N) is 2. The number of nitrogens with one attached hydrogen (secondary N) is 2. The first kappa shape index (κ1) is 28.9. The minimum Gasteiger partial charge on any atom is -0.508 e. The number of pyridine rings is 2. The number of anilines is 2. The molecule has 210 valence electrons. The van der Waals surface area contributed by atoms with Gasteiger partial charge >= 0.3 is 6.03 Å². The molecule has 4 rings (SSSR count). The summed E-state index contributed by atoms with van der Waals surface area (Å²) in [6.07, 6.45) is 3.44. The fourth-order valence-electron chi connectivity index (χ4n) is 5.18. The van der Waals surface area contributed by atoms with Crippen LogP contribution in [0.1, 0.15) is 77.3 Å². The highest BCUT2D eigenvalue weighted by Crippen LogP contribution is 2.36. The number of hydrogen-bond donors (Lipinski definition) is 3. The number of phenolic OH excluding ortho intramolecular Hbond substituents is 1. The van der Waals surface area contributed by atoms with E-state index >= 15 is 0 Å². The molecule has 7 heteroatoms. The molecule has 0 saturated heterocycles. The first-order valence-electron chi connectivity index (χ1n) is 14.1. The number of aryl methyl sites for hydroxylation is 1. The van der Waals surface area contributed by atoms with Crippen LogP contribution < -0.4 is 16.2 Å². The molecule has 0 saturated carbocycles. The van der Waals surface area contributed by atoms with E-state index in [0.29, 0.717) is 29.2 Å². The molecule has 40 heavy (non-hydrogen) atoms. The van der Waals surface area contributed by atoms with E-state index in [2.05, 4.69) is 57.2 Å². The number of urea groups is 1. The zero-order valence-corrected chi connectivity index (χ0v) is 24.3. The Morgan fingerprint density at radius 2 is 1.55 bits per heavy atom. The summed E-state index contributed by atoms with van der Waals surface area (Å²) in [5.41, 5.74) is 4.35. The van der Waals surface area contributed by atoms with Crippen LogP contribution >= 0.6 is 0 Å². The highest BCUT2D eigenvalue weighted by molar-refractivity contribution is 6.07. The van der Waals surface area contributed by atoms with Crippen molar-refractivity contribution in [1.29, 1.82) is 0 Å². The summed E-state index contributed by atoms with van der Waals surface area (Å²) >= 11 is 0. The maximum atomic E-state index is 14.1. The Hall–Kier alpha value is -4.13. The summed E-state index contributed by atoms with van der Waals surface area (Å²) in [7, 11) is 0. The third kappa shape index (κ3) is 6.19. The van der Waals surface area contributed by atoms with Crippen LogP contribution in [0, 0.1) is 5.92 Å². The molecule has 0 aliphatic heterocycles. The predicted molar refractivity (Wildman–Crippen MR) is 164 cm³/mol. The second-order valence-electron chi connectivity index (χ2n) is 11.4. The quantitative estimate of drug-likeness (QED) is 0.200. The molecule has 0 spiro atoms. The van der Waals surface area contributed by atoms with E-state index in [-0.39, 0.29) is 28.8 Å². The van der Waals surface area contributed by atoms with Crippen molar-refractivity contribution in [1.82, 2.24) is 9.55 Å². The van der Waals surface area contributed by atoms with Crippen molar-refractivity contribution in [2.24, 2.45) is 5.92 Å². The van der Waals surface area contributed by atoms with Gasteiger partial charge in [0, 0.05) is 29.4 Å². The monoisotopic (exact) mass is 540 g/mol. The number of carbonyl (C=O) groups excluding carboxylic acids is 1. The lowest BCUT2D eigenvalue weighted by Gasteiger charge is -2.22. The van der Waals surface area contributed by atoms with Crippen LogP contribution in [-0.4, -0.2) is 20.7 Å². The van der Waals surface area contributed by atoms with Gasteiger partial charge < -0.3 is 15.7 Å². The molecule has 0 fully saturated rings. The summed E-state index contributed by atoms with van der Waals surface area (Å²) in [5, 5.41) is 17.0. The molecule has 7 nitrogen and oxygen atoms in total. The molecular formula is C33H40N4O3. The second kappa shape index (κ2) is 12.4. The average molecular weight is 541 g/mol. The van der Waals surface area contributed by atoms with Gasteiger partial charge in [0.15, 0.2) is 0 Å². The molecule has 0 atom stereocenters. The fourth-order valence-corrected chi connectivity index (χ4v) is 5.18. The molecule has 0 unspecified atom stereocenters. The summed E-state index contributed by atoms with van der Waals surface area (Å²) in [4.78, 5) is 32.3. The number of fused-ring (bicyclic) bond motifs is 1. The number of amides is 2. The number of aromatic nitrogens is 2. The predicted octanol–water partition coefficient (Wildman–Crippen LogP) is 8.10. The number of phenols is 1. The zero-order valence-electron chi connectivity index (χ0n) is 24.3. The van der Waals surface area contributed by atoms with Crippen LogP contribution in [0.3, 0.4) is 0 Å². The SMILES string of the molecule is CC(C)CCCn1c(=O)c(NC(=O)Nc2c(C(C)C)cccc2C(C)C)c(-c2cccc(O)c2)c2cccnc21. The first-order chi connectivity index (χ1) is 19.1. The maximum Gasteiger partial charge on any atom is 0.323 e. The lowest BCUT2D eigenvalue weighted by molar-refractivity contribution is 0.262. The topological polar surface area (TPSA) is 96.2 Å². The molecule has 2 heterocycles. The molecule has 2 amide bonds. The van der Waals surface area contributed by atoms with E-state index in [1.54, 1.807) is 29.0 Å². The van der Waals surface area contributed by atoms with Crippen LogP contribution in [0.5, 0.6) is 5.75 Å². The van der Waals surface area contributed by atoms with Crippen molar-refractivity contribution in [3.8, 4) is 16.9 Å². The minimum atomic E-state index is -0.495. The summed E-state index contributed by atoms with van der Waals surface area (Å²) in [6, 6.07) is 16.0. The number of benzene rings is 2. The van der Waals surface area contributed by atoms with Gasteiger partial charge in [-0.3, -0.25) is 9.36 Å². The van der Waals surface area contributed by atoms with Gasteiger partial charge in [-0.05, 0) is 71.6 Å².